The van der Waals surface area contributed by atoms with Crippen molar-refractivity contribution in [2.75, 3.05) is 5.75 Å². The van der Waals surface area contributed by atoms with Crippen molar-refractivity contribution in [2.24, 2.45) is 0 Å². The molecule has 3 heterocycles. The number of hydrogen-bond acceptors (Lipinski definition) is 6. The summed E-state index contributed by atoms with van der Waals surface area (Å²) in [5.41, 5.74) is 7.18. The van der Waals surface area contributed by atoms with Gasteiger partial charge in [0.15, 0.2) is 0 Å². The van der Waals surface area contributed by atoms with Crippen LogP contribution in [-0.2, 0) is 17.6 Å². The van der Waals surface area contributed by atoms with Gasteiger partial charge in [0.05, 0.1) is 22.0 Å². The van der Waals surface area contributed by atoms with E-state index in [1.165, 1.54) is 46.8 Å². The number of thiophene rings is 1. The quantitative estimate of drug-likeness (QED) is 0.175. The van der Waals surface area contributed by atoms with E-state index in [0.29, 0.717) is 5.92 Å². The summed E-state index contributed by atoms with van der Waals surface area (Å²) >= 11 is 3.14. The van der Waals surface area contributed by atoms with Crippen molar-refractivity contribution >= 4 is 49.4 Å². The lowest BCUT2D eigenvalue weighted by Crippen LogP contribution is -2.30. The van der Waals surface area contributed by atoms with Crippen molar-refractivity contribution < 1.29 is 4.79 Å². The van der Waals surface area contributed by atoms with Crippen LogP contribution in [0, 0.1) is 0 Å². The Balaban J connectivity index is 1.29. The van der Waals surface area contributed by atoms with Crippen molar-refractivity contribution in [2.45, 2.75) is 56.5 Å². The monoisotopic (exact) mass is 538 g/mol. The Morgan fingerprint density at radius 2 is 1.61 bits per heavy atom. The van der Waals surface area contributed by atoms with Crippen molar-refractivity contribution in [1.82, 2.24) is 20.3 Å². The zero-order valence-corrected chi connectivity index (χ0v) is 23.2. The molecule has 0 unspecified atom stereocenters. The molecule has 1 aliphatic carbocycles. The van der Waals surface area contributed by atoms with Crippen LogP contribution in [0.1, 0.15) is 66.6 Å². The predicted octanol–water partition coefficient (Wildman–Crippen LogP) is 7.24. The van der Waals surface area contributed by atoms with Gasteiger partial charge in [-0.1, -0.05) is 86.3 Å². The summed E-state index contributed by atoms with van der Waals surface area (Å²) in [4.78, 5) is 28.7. The van der Waals surface area contributed by atoms with Gasteiger partial charge < -0.3 is 5.32 Å². The molecule has 1 N–H and O–H groups in total. The summed E-state index contributed by atoms with van der Waals surface area (Å²) in [6.45, 7) is 4.46. The summed E-state index contributed by atoms with van der Waals surface area (Å²) in [7, 11) is 0. The second-order valence-corrected chi connectivity index (χ2v) is 12.0. The van der Waals surface area contributed by atoms with Crippen molar-refractivity contribution in [3.05, 3.63) is 94.9 Å². The summed E-state index contributed by atoms with van der Waals surface area (Å²) in [6.07, 6.45) is 6.24. The number of nitrogens with zero attached hydrogens (tertiary/aromatic N) is 3. The molecule has 7 heteroatoms. The van der Waals surface area contributed by atoms with Gasteiger partial charge in [-0.25, -0.2) is 15.0 Å². The number of carbonyl (C=O) groups excluding carboxylic acids is 1. The topological polar surface area (TPSA) is 67.8 Å². The Labute approximate surface area is 231 Å². The molecule has 0 atom stereocenters. The van der Waals surface area contributed by atoms with Gasteiger partial charge >= 0.3 is 0 Å². The van der Waals surface area contributed by atoms with Gasteiger partial charge in [0, 0.05) is 11.1 Å². The molecule has 0 bridgehead atoms. The smallest absolute Gasteiger partial charge is 0.231 e. The van der Waals surface area contributed by atoms with Crippen LogP contribution in [-0.4, -0.2) is 26.6 Å². The number of rotatable bonds is 7. The Kier molecular flexibility index (Phi) is 7.13. The van der Waals surface area contributed by atoms with Gasteiger partial charge in [-0.05, 0) is 53.9 Å². The Bertz CT molecular complexity index is 1560. The van der Waals surface area contributed by atoms with E-state index >= 15 is 0 Å². The van der Waals surface area contributed by atoms with Crippen molar-refractivity contribution in [3.63, 3.8) is 0 Å². The maximum absolute atomic E-state index is 13.2. The molecule has 3 aromatic heterocycles. The normalized spacial score (nSPS) is 13.4. The van der Waals surface area contributed by atoms with Crippen LogP contribution in [0.4, 0.5) is 0 Å². The Hall–Kier alpha value is -3.29. The highest BCUT2D eigenvalue weighted by atomic mass is 32.2. The molecule has 0 aliphatic heterocycles. The standard InChI is InChI=1S/C31H30N4OS2/c1-19(2)26-23-16-10-9-15-22(23)25-28-29(38-30(25)35-26)31(33-18-32-28)37-17-24(36)34-27(20-11-5-3-6-12-20)21-13-7-4-8-14-21/h3-8,11-14,18-19,27H,9-10,15-17H2,1-2H3,(H,34,36). The van der Waals surface area contributed by atoms with Gasteiger partial charge in [-0.15, -0.1) is 11.3 Å². The molecule has 38 heavy (non-hydrogen) atoms. The number of aryl methyl sites for hydroxylation is 1. The minimum absolute atomic E-state index is 0.0295. The third kappa shape index (κ3) is 4.81. The van der Waals surface area contributed by atoms with Gasteiger partial charge in [-0.3, -0.25) is 4.79 Å². The number of fused-ring (bicyclic) bond motifs is 5. The molecular formula is C31H30N4OS2. The summed E-state index contributed by atoms with van der Waals surface area (Å²) in [5, 5.41) is 5.29. The van der Waals surface area contributed by atoms with E-state index < -0.39 is 0 Å². The number of amides is 1. The average molecular weight is 539 g/mol. The van der Waals surface area contributed by atoms with Crippen LogP contribution in [0.15, 0.2) is 72.0 Å². The largest absolute Gasteiger partial charge is 0.344 e. The molecule has 5 aromatic rings. The van der Waals surface area contributed by atoms with Crippen LogP contribution >= 0.6 is 23.1 Å². The first kappa shape index (κ1) is 25.0. The fourth-order valence-electron chi connectivity index (χ4n) is 5.44. The fourth-order valence-corrected chi connectivity index (χ4v) is 7.49. The lowest BCUT2D eigenvalue weighted by molar-refractivity contribution is -0.119. The molecule has 192 valence electrons. The second-order valence-electron chi connectivity index (χ2n) is 10.1. The van der Waals surface area contributed by atoms with E-state index in [2.05, 4.69) is 48.4 Å². The molecule has 6 rings (SSSR count). The molecule has 1 aliphatic rings. The zero-order valence-electron chi connectivity index (χ0n) is 21.6. The SMILES string of the molecule is CC(C)c1nc2sc3c(SCC(=O)NC(c4ccccc4)c4ccccc4)ncnc3c2c2c1CCCC2. The minimum atomic E-state index is -0.203. The van der Waals surface area contributed by atoms with Crippen molar-refractivity contribution in [1.29, 1.82) is 0 Å². The maximum atomic E-state index is 13.2. The van der Waals surface area contributed by atoms with Gasteiger partial charge in [-0.2, -0.15) is 0 Å². The number of pyridine rings is 1. The second kappa shape index (κ2) is 10.8. The van der Waals surface area contributed by atoms with Gasteiger partial charge in [0.25, 0.3) is 0 Å². The Morgan fingerprint density at radius 1 is 0.947 bits per heavy atom. The van der Waals surface area contributed by atoms with Crippen LogP contribution in [0.25, 0.3) is 20.4 Å². The van der Waals surface area contributed by atoms with Crippen LogP contribution in [0.3, 0.4) is 0 Å². The van der Waals surface area contributed by atoms with Crippen molar-refractivity contribution in [3.8, 4) is 0 Å². The van der Waals surface area contributed by atoms with E-state index in [4.69, 9.17) is 9.97 Å². The van der Waals surface area contributed by atoms with E-state index in [9.17, 15) is 4.79 Å². The molecule has 0 saturated heterocycles. The minimum Gasteiger partial charge on any atom is -0.344 e. The third-order valence-electron chi connectivity index (χ3n) is 7.18. The van der Waals surface area contributed by atoms with Crippen LogP contribution in [0.5, 0.6) is 0 Å². The summed E-state index contributed by atoms with van der Waals surface area (Å²) in [5.74, 6) is 0.639. The first-order chi connectivity index (χ1) is 18.6. The number of benzene rings is 2. The molecule has 1 amide bonds. The van der Waals surface area contributed by atoms with E-state index in [1.54, 1.807) is 17.7 Å². The lowest BCUT2D eigenvalue weighted by atomic mass is 9.86. The highest BCUT2D eigenvalue weighted by molar-refractivity contribution is 8.00. The molecule has 2 aromatic carbocycles. The molecule has 0 fully saturated rings. The summed E-state index contributed by atoms with van der Waals surface area (Å²) in [6, 6.07) is 20.0. The molecule has 5 nitrogen and oxygen atoms in total. The van der Waals surface area contributed by atoms with E-state index in [-0.39, 0.29) is 17.7 Å². The highest BCUT2D eigenvalue weighted by Crippen LogP contribution is 2.42. The number of thioether (sulfide) groups is 1. The number of aromatic nitrogens is 3. The van der Waals surface area contributed by atoms with E-state index in [0.717, 1.165) is 44.0 Å². The van der Waals surface area contributed by atoms with Gasteiger partial charge in [0.1, 0.15) is 16.2 Å². The number of nitrogens with one attached hydrogen (secondary N) is 1. The zero-order chi connectivity index (χ0) is 26.1. The maximum Gasteiger partial charge on any atom is 0.231 e. The fraction of sp³-hybridized carbons (Fsp3) is 0.290. The highest BCUT2D eigenvalue weighted by Gasteiger charge is 2.24. The average Bonchev–Trinajstić information content (AvgIpc) is 3.35. The van der Waals surface area contributed by atoms with Gasteiger partial charge in [0.2, 0.25) is 5.91 Å². The number of carbonyl (C=O) groups is 1. The molecule has 0 spiro atoms. The lowest BCUT2D eigenvalue weighted by Gasteiger charge is -2.21. The summed E-state index contributed by atoms with van der Waals surface area (Å²) < 4.78 is 1.03. The molecule has 0 radical (unpaired) electrons. The van der Waals surface area contributed by atoms with E-state index in [1.807, 2.05) is 36.4 Å². The molecular weight excluding hydrogens is 509 g/mol. The van der Waals surface area contributed by atoms with Crippen LogP contribution in [0.2, 0.25) is 0 Å². The third-order valence-corrected chi connectivity index (χ3v) is 9.38. The first-order valence-electron chi connectivity index (χ1n) is 13.2. The Morgan fingerprint density at radius 3 is 2.26 bits per heavy atom. The number of hydrogen-bond donors (Lipinski definition) is 1. The predicted molar refractivity (Wildman–Crippen MR) is 157 cm³/mol. The van der Waals surface area contributed by atoms with Crippen LogP contribution < -0.4 is 5.32 Å². The first-order valence-corrected chi connectivity index (χ1v) is 15.0. The molecule has 0 saturated carbocycles.